The summed E-state index contributed by atoms with van der Waals surface area (Å²) < 4.78 is 18.2. The summed E-state index contributed by atoms with van der Waals surface area (Å²) in [6.45, 7) is -0.407. The van der Waals surface area contributed by atoms with E-state index in [-0.39, 0.29) is 37.5 Å². The SMILES string of the molecule is CN1CC(=O)N(CCCC(=O)OCC(=O)Nc2ccccc2F)C1=O. The Labute approximate surface area is 143 Å². The molecular weight excluding hydrogens is 333 g/mol. The highest BCUT2D eigenvalue weighted by atomic mass is 19.1. The molecule has 1 aliphatic heterocycles. The molecule has 0 aliphatic carbocycles. The minimum Gasteiger partial charge on any atom is -0.456 e. The van der Waals surface area contributed by atoms with Crippen LogP contribution in [-0.2, 0) is 19.1 Å². The number of hydrogen-bond acceptors (Lipinski definition) is 5. The number of esters is 1. The molecule has 4 amide bonds. The lowest BCUT2D eigenvalue weighted by molar-refractivity contribution is -0.147. The summed E-state index contributed by atoms with van der Waals surface area (Å²) in [5.74, 6) is -2.21. The second kappa shape index (κ2) is 8.22. The number of para-hydroxylation sites is 1. The Kier molecular flexibility index (Phi) is 6.04. The average Bonchev–Trinajstić information content (AvgIpc) is 2.81. The Morgan fingerprint density at radius 3 is 2.64 bits per heavy atom. The third kappa shape index (κ3) is 5.00. The highest BCUT2D eigenvalue weighted by Crippen LogP contribution is 2.12. The van der Waals surface area contributed by atoms with Crippen molar-refractivity contribution in [1.29, 1.82) is 0 Å². The number of likely N-dealkylation sites (N-methyl/N-ethyl adjacent to an activating group) is 1. The number of nitrogens with one attached hydrogen (secondary N) is 1. The number of hydrogen-bond donors (Lipinski definition) is 1. The van der Waals surface area contributed by atoms with Crippen molar-refractivity contribution < 1.29 is 28.3 Å². The van der Waals surface area contributed by atoms with Crippen LogP contribution >= 0.6 is 0 Å². The van der Waals surface area contributed by atoms with E-state index in [0.29, 0.717) is 0 Å². The van der Waals surface area contributed by atoms with Crippen LogP contribution in [0.25, 0.3) is 0 Å². The van der Waals surface area contributed by atoms with Crippen LogP contribution in [0.3, 0.4) is 0 Å². The van der Waals surface area contributed by atoms with Gasteiger partial charge in [-0.1, -0.05) is 12.1 Å². The maximum Gasteiger partial charge on any atom is 0.326 e. The van der Waals surface area contributed by atoms with Gasteiger partial charge in [-0.05, 0) is 18.6 Å². The molecule has 0 spiro atoms. The van der Waals surface area contributed by atoms with Crippen molar-refractivity contribution in [2.75, 3.05) is 32.1 Å². The van der Waals surface area contributed by atoms with E-state index in [2.05, 4.69) is 5.32 Å². The summed E-state index contributed by atoms with van der Waals surface area (Å²) >= 11 is 0. The molecule has 1 N–H and O–H groups in total. The molecule has 0 saturated carbocycles. The van der Waals surface area contributed by atoms with Gasteiger partial charge in [-0.25, -0.2) is 9.18 Å². The normalized spacial score (nSPS) is 14.0. The molecule has 0 unspecified atom stereocenters. The van der Waals surface area contributed by atoms with Crippen LogP contribution in [-0.4, -0.2) is 60.4 Å². The van der Waals surface area contributed by atoms with Crippen LogP contribution in [0.2, 0.25) is 0 Å². The number of carbonyl (C=O) groups is 4. The van der Waals surface area contributed by atoms with E-state index in [1.54, 1.807) is 6.07 Å². The van der Waals surface area contributed by atoms with E-state index < -0.39 is 30.3 Å². The second-order valence-electron chi connectivity index (χ2n) is 5.48. The zero-order valence-corrected chi connectivity index (χ0v) is 13.7. The molecule has 8 nitrogen and oxygen atoms in total. The summed E-state index contributed by atoms with van der Waals surface area (Å²) in [7, 11) is 1.52. The summed E-state index contributed by atoms with van der Waals surface area (Å²) in [5, 5.41) is 2.29. The molecule has 1 saturated heterocycles. The van der Waals surface area contributed by atoms with E-state index in [0.717, 1.165) is 4.90 Å². The van der Waals surface area contributed by atoms with Gasteiger partial charge >= 0.3 is 12.0 Å². The van der Waals surface area contributed by atoms with Gasteiger partial charge in [-0.3, -0.25) is 19.3 Å². The number of imide groups is 1. The zero-order valence-electron chi connectivity index (χ0n) is 13.7. The van der Waals surface area contributed by atoms with Gasteiger partial charge < -0.3 is 15.0 Å². The van der Waals surface area contributed by atoms with Crippen LogP contribution in [0.4, 0.5) is 14.9 Å². The van der Waals surface area contributed by atoms with Crippen molar-refractivity contribution >= 4 is 29.5 Å². The fourth-order valence-electron chi connectivity index (χ4n) is 2.24. The van der Waals surface area contributed by atoms with Gasteiger partial charge in [0.05, 0.1) is 5.69 Å². The lowest BCUT2D eigenvalue weighted by Gasteiger charge is -2.13. The highest BCUT2D eigenvalue weighted by Gasteiger charge is 2.32. The number of amides is 4. The molecule has 9 heteroatoms. The number of halogens is 1. The number of urea groups is 1. The molecule has 2 rings (SSSR count). The van der Waals surface area contributed by atoms with Crippen molar-refractivity contribution in [3.05, 3.63) is 30.1 Å². The van der Waals surface area contributed by atoms with E-state index >= 15 is 0 Å². The minimum absolute atomic E-state index is 0.00118. The van der Waals surface area contributed by atoms with Crippen molar-refractivity contribution in [1.82, 2.24) is 9.80 Å². The Bertz CT molecular complexity index is 694. The standard InChI is InChI=1S/C16H18FN3O5/c1-19-9-14(22)20(16(19)24)8-4-7-15(23)25-10-13(21)18-12-6-3-2-5-11(12)17/h2-3,5-6H,4,7-10H2,1H3,(H,18,21). The third-order valence-corrected chi connectivity index (χ3v) is 3.51. The monoisotopic (exact) mass is 351 g/mol. The first-order valence-electron chi connectivity index (χ1n) is 7.64. The van der Waals surface area contributed by atoms with Crippen molar-refractivity contribution in [3.8, 4) is 0 Å². The number of rotatable bonds is 7. The first-order valence-corrected chi connectivity index (χ1v) is 7.64. The minimum atomic E-state index is -0.662. The summed E-state index contributed by atoms with van der Waals surface area (Å²) in [5.41, 5.74) is -0.00118. The highest BCUT2D eigenvalue weighted by molar-refractivity contribution is 6.01. The van der Waals surface area contributed by atoms with E-state index in [9.17, 15) is 23.6 Å². The predicted octanol–water partition coefficient (Wildman–Crippen LogP) is 0.982. The largest absolute Gasteiger partial charge is 0.456 e. The molecule has 25 heavy (non-hydrogen) atoms. The van der Waals surface area contributed by atoms with Gasteiger partial charge in [0.15, 0.2) is 6.61 Å². The quantitative estimate of drug-likeness (QED) is 0.584. The van der Waals surface area contributed by atoms with Gasteiger partial charge in [0.1, 0.15) is 12.4 Å². The molecule has 1 aromatic rings. The fraction of sp³-hybridized carbons (Fsp3) is 0.375. The smallest absolute Gasteiger partial charge is 0.326 e. The van der Waals surface area contributed by atoms with Gasteiger partial charge in [0.2, 0.25) is 5.91 Å². The Hall–Kier alpha value is -2.97. The molecule has 1 aliphatic rings. The number of benzene rings is 1. The van der Waals surface area contributed by atoms with Crippen LogP contribution in [0, 0.1) is 5.82 Å². The molecule has 1 fully saturated rings. The van der Waals surface area contributed by atoms with E-state index in [1.807, 2.05) is 0 Å². The van der Waals surface area contributed by atoms with Crippen LogP contribution in [0.1, 0.15) is 12.8 Å². The summed E-state index contributed by atoms with van der Waals surface area (Å²) in [4.78, 5) is 48.8. The second-order valence-corrected chi connectivity index (χ2v) is 5.48. The lowest BCUT2D eigenvalue weighted by Crippen LogP contribution is -2.32. The lowest BCUT2D eigenvalue weighted by atomic mass is 10.3. The fourth-order valence-corrected chi connectivity index (χ4v) is 2.24. The van der Waals surface area contributed by atoms with E-state index in [1.165, 1.54) is 30.1 Å². The Morgan fingerprint density at radius 2 is 2.00 bits per heavy atom. The van der Waals surface area contributed by atoms with Crippen LogP contribution in [0.15, 0.2) is 24.3 Å². The zero-order chi connectivity index (χ0) is 18.4. The topological polar surface area (TPSA) is 96.0 Å². The molecule has 134 valence electrons. The molecule has 0 radical (unpaired) electrons. The first-order chi connectivity index (χ1) is 11.9. The molecule has 0 bridgehead atoms. The average molecular weight is 351 g/mol. The maximum atomic E-state index is 13.4. The van der Waals surface area contributed by atoms with E-state index in [4.69, 9.17) is 4.74 Å². The predicted molar refractivity (Wildman–Crippen MR) is 85.0 cm³/mol. The molecule has 1 heterocycles. The number of nitrogens with zero attached hydrogens (tertiary/aromatic N) is 2. The molecule has 0 atom stereocenters. The van der Waals surface area contributed by atoms with Crippen LogP contribution < -0.4 is 5.32 Å². The maximum absolute atomic E-state index is 13.4. The number of ether oxygens (including phenoxy) is 1. The van der Waals surface area contributed by atoms with Crippen LogP contribution in [0.5, 0.6) is 0 Å². The summed E-state index contributed by atoms with van der Waals surface area (Å²) in [6.07, 6.45) is 0.187. The Morgan fingerprint density at radius 1 is 1.28 bits per heavy atom. The number of carbonyl (C=O) groups excluding carboxylic acids is 4. The first kappa shape index (κ1) is 18.4. The van der Waals surface area contributed by atoms with Gasteiger partial charge in [0, 0.05) is 20.0 Å². The van der Waals surface area contributed by atoms with Crippen molar-refractivity contribution in [3.63, 3.8) is 0 Å². The Balaban J connectivity index is 1.67. The van der Waals surface area contributed by atoms with Gasteiger partial charge in [0.25, 0.3) is 5.91 Å². The molecule has 0 aromatic heterocycles. The number of anilines is 1. The summed E-state index contributed by atoms with van der Waals surface area (Å²) in [6, 6.07) is 5.22. The molecule has 1 aromatic carbocycles. The van der Waals surface area contributed by atoms with Gasteiger partial charge in [-0.15, -0.1) is 0 Å². The van der Waals surface area contributed by atoms with Gasteiger partial charge in [-0.2, -0.15) is 0 Å². The van der Waals surface area contributed by atoms with Crippen molar-refractivity contribution in [2.24, 2.45) is 0 Å². The molecular formula is C16H18FN3O5. The van der Waals surface area contributed by atoms with Crippen molar-refractivity contribution in [2.45, 2.75) is 12.8 Å². The third-order valence-electron chi connectivity index (χ3n) is 3.51.